The molecule has 1 aliphatic heterocycles. The Labute approximate surface area is 149 Å². The highest BCUT2D eigenvalue weighted by Crippen LogP contribution is 2.19. The number of likely N-dealkylation sites (N-methyl/N-ethyl adjacent to an activating group) is 1. The highest BCUT2D eigenvalue weighted by Gasteiger charge is 2.26. The summed E-state index contributed by atoms with van der Waals surface area (Å²) in [5.41, 5.74) is 1.17. The van der Waals surface area contributed by atoms with Gasteiger partial charge in [-0.15, -0.1) is 0 Å². The normalized spacial score (nSPS) is 18.4. The maximum absolute atomic E-state index is 12.6. The number of rotatable bonds is 6. The van der Waals surface area contributed by atoms with Crippen LogP contribution in [0.25, 0.3) is 0 Å². The molecule has 25 heavy (non-hydrogen) atoms. The Hall–Kier alpha value is -2.08. The minimum absolute atomic E-state index is 0.137. The molecular weight excluding hydrogens is 316 g/mol. The van der Waals surface area contributed by atoms with Gasteiger partial charge in [-0.05, 0) is 50.9 Å². The van der Waals surface area contributed by atoms with E-state index in [0.717, 1.165) is 37.5 Å². The molecule has 2 aromatic heterocycles. The number of aromatic nitrogens is 2. The van der Waals surface area contributed by atoms with E-state index in [1.165, 1.54) is 12.0 Å². The second-order valence-corrected chi connectivity index (χ2v) is 7.12. The van der Waals surface area contributed by atoms with Crippen molar-refractivity contribution in [2.45, 2.75) is 52.2 Å². The number of furan rings is 1. The van der Waals surface area contributed by atoms with Gasteiger partial charge in [0.15, 0.2) is 0 Å². The fourth-order valence-electron chi connectivity index (χ4n) is 3.44. The van der Waals surface area contributed by atoms with Gasteiger partial charge in [0, 0.05) is 19.3 Å². The Balaban J connectivity index is 1.57. The molecule has 1 amide bonds. The van der Waals surface area contributed by atoms with Crippen LogP contribution < -0.4 is 0 Å². The van der Waals surface area contributed by atoms with E-state index in [2.05, 4.69) is 23.1 Å². The molecule has 3 rings (SSSR count). The molecule has 1 atom stereocenters. The van der Waals surface area contributed by atoms with E-state index in [1.54, 1.807) is 4.90 Å². The number of hydrogen-bond donors (Lipinski definition) is 0. The predicted octanol–water partition coefficient (Wildman–Crippen LogP) is 2.61. The minimum atomic E-state index is 0.137. The van der Waals surface area contributed by atoms with Crippen molar-refractivity contribution in [1.29, 1.82) is 0 Å². The summed E-state index contributed by atoms with van der Waals surface area (Å²) in [7, 11) is 1.84. The van der Waals surface area contributed by atoms with E-state index in [1.807, 2.05) is 37.0 Å². The second-order valence-electron chi connectivity index (χ2n) is 7.12. The summed E-state index contributed by atoms with van der Waals surface area (Å²) in [4.78, 5) is 16.7. The van der Waals surface area contributed by atoms with Gasteiger partial charge in [0.1, 0.15) is 11.5 Å². The van der Waals surface area contributed by atoms with E-state index < -0.39 is 0 Å². The fraction of sp³-hybridized carbons (Fsp3) is 0.579. The Morgan fingerprint density at radius 1 is 1.36 bits per heavy atom. The van der Waals surface area contributed by atoms with Crippen LogP contribution in [0.4, 0.5) is 0 Å². The maximum atomic E-state index is 12.6. The van der Waals surface area contributed by atoms with Gasteiger partial charge in [-0.1, -0.05) is 6.42 Å². The van der Waals surface area contributed by atoms with Crippen LogP contribution in [0.3, 0.4) is 0 Å². The largest absolute Gasteiger partial charge is 0.464 e. The topological polar surface area (TPSA) is 54.5 Å². The molecule has 3 heterocycles. The van der Waals surface area contributed by atoms with Crippen LogP contribution in [0.1, 0.15) is 36.3 Å². The van der Waals surface area contributed by atoms with Crippen molar-refractivity contribution in [3.8, 4) is 0 Å². The third-order valence-electron chi connectivity index (χ3n) is 4.86. The van der Waals surface area contributed by atoms with Crippen molar-refractivity contribution >= 4 is 5.91 Å². The molecule has 0 spiro atoms. The van der Waals surface area contributed by atoms with Gasteiger partial charge in [0.25, 0.3) is 0 Å². The summed E-state index contributed by atoms with van der Waals surface area (Å²) in [5, 5.41) is 4.40. The number of hydrogen-bond acceptors (Lipinski definition) is 4. The highest BCUT2D eigenvalue weighted by atomic mass is 16.3. The molecule has 1 saturated heterocycles. The molecule has 0 radical (unpaired) electrons. The molecule has 0 bridgehead atoms. The molecular formula is C19H28N4O2. The monoisotopic (exact) mass is 344 g/mol. The molecule has 0 N–H and O–H groups in total. The summed E-state index contributed by atoms with van der Waals surface area (Å²) in [5.74, 6) is 1.84. The number of likely N-dealkylation sites (tertiary alicyclic amines) is 1. The predicted molar refractivity (Wildman–Crippen MR) is 96.1 cm³/mol. The van der Waals surface area contributed by atoms with Gasteiger partial charge in [0.05, 0.1) is 25.8 Å². The summed E-state index contributed by atoms with van der Waals surface area (Å²) in [6.45, 7) is 6.77. The molecule has 0 aliphatic carbocycles. The maximum Gasteiger partial charge on any atom is 0.236 e. The number of nitrogens with zero attached hydrogens (tertiary/aromatic N) is 4. The zero-order valence-corrected chi connectivity index (χ0v) is 15.4. The lowest BCUT2D eigenvalue weighted by Crippen LogP contribution is -2.47. The van der Waals surface area contributed by atoms with Gasteiger partial charge in [-0.3, -0.25) is 14.4 Å². The van der Waals surface area contributed by atoms with E-state index >= 15 is 0 Å². The summed E-state index contributed by atoms with van der Waals surface area (Å²) in [6, 6.07) is 4.24. The lowest BCUT2D eigenvalue weighted by molar-refractivity contribution is -0.133. The van der Waals surface area contributed by atoms with E-state index in [4.69, 9.17) is 4.42 Å². The van der Waals surface area contributed by atoms with Crippen molar-refractivity contribution in [3.05, 3.63) is 41.6 Å². The summed E-state index contributed by atoms with van der Waals surface area (Å²) >= 11 is 0. The summed E-state index contributed by atoms with van der Waals surface area (Å²) in [6.07, 6.45) is 7.45. The SMILES string of the molecule is Cc1cnn(C[C@@H]2CCCCN2CC(=O)N(C)Cc2ccc(C)o2)c1. The first-order valence-corrected chi connectivity index (χ1v) is 9.03. The number of carbonyl (C=O) groups is 1. The number of carbonyl (C=O) groups excluding carboxylic acids is 1. The van der Waals surface area contributed by atoms with Gasteiger partial charge in [-0.2, -0.15) is 5.10 Å². The Bertz CT molecular complexity index is 706. The minimum Gasteiger partial charge on any atom is -0.464 e. The third kappa shape index (κ3) is 4.72. The van der Waals surface area contributed by atoms with Gasteiger partial charge in [0.2, 0.25) is 5.91 Å². The van der Waals surface area contributed by atoms with Crippen molar-refractivity contribution in [1.82, 2.24) is 19.6 Å². The van der Waals surface area contributed by atoms with E-state index in [0.29, 0.717) is 19.1 Å². The smallest absolute Gasteiger partial charge is 0.236 e. The first-order valence-electron chi connectivity index (χ1n) is 9.03. The molecule has 136 valence electrons. The molecule has 0 unspecified atom stereocenters. The van der Waals surface area contributed by atoms with Gasteiger partial charge < -0.3 is 9.32 Å². The van der Waals surface area contributed by atoms with Crippen LogP contribution in [-0.4, -0.2) is 51.7 Å². The molecule has 0 saturated carbocycles. The number of piperidine rings is 1. The van der Waals surface area contributed by atoms with Crippen LogP contribution >= 0.6 is 0 Å². The van der Waals surface area contributed by atoms with Crippen molar-refractivity contribution < 1.29 is 9.21 Å². The van der Waals surface area contributed by atoms with Gasteiger partial charge in [-0.25, -0.2) is 0 Å². The molecule has 2 aromatic rings. The van der Waals surface area contributed by atoms with E-state index in [9.17, 15) is 4.79 Å². The molecule has 0 aromatic carbocycles. The van der Waals surface area contributed by atoms with Crippen molar-refractivity contribution in [2.75, 3.05) is 20.1 Å². The van der Waals surface area contributed by atoms with Crippen molar-refractivity contribution in [2.24, 2.45) is 0 Å². The first kappa shape index (κ1) is 17.7. The quantitative estimate of drug-likeness (QED) is 0.808. The molecule has 6 nitrogen and oxygen atoms in total. The van der Waals surface area contributed by atoms with Crippen molar-refractivity contribution in [3.63, 3.8) is 0 Å². The van der Waals surface area contributed by atoms with Gasteiger partial charge >= 0.3 is 0 Å². The molecule has 1 fully saturated rings. The van der Waals surface area contributed by atoms with Crippen LogP contribution in [0, 0.1) is 13.8 Å². The third-order valence-corrected chi connectivity index (χ3v) is 4.86. The number of aryl methyl sites for hydroxylation is 2. The lowest BCUT2D eigenvalue weighted by Gasteiger charge is -2.36. The average molecular weight is 344 g/mol. The lowest BCUT2D eigenvalue weighted by atomic mass is 10.0. The standard InChI is InChI=1S/C19H28N4O2/c1-15-10-20-23(11-15)12-17-6-4-5-9-22(17)14-19(24)21(3)13-18-8-7-16(2)25-18/h7-8,10-11,17H,4-6,9,12-14H2,1-3H3/t17-/m0/s1. The summed E-state index contributed by atoms with van der Waals surface area (Å²) < 4.78 is 7.58. The number of amides is 1. The first-order chi connectivity index (χ1) is 12.0. The van der Waals surface area contributed by atoms with Crippen LogP contribution in [0.15, 0.2) is 28.9 Å². The Morgan fingerprint density at radius 2 is 2.20 bits per heavy atom. The second kappa shape index (κ2) is 7.87. The Kier molecular flexibility index (Phi) is 5.58. The van der Waals surface area contributed by atoms with Crippen LogP contribution in [0.2, 0.25) is 0 Å². The van der Waals surface area contributed by atoms with Crippen LogP contribution in [0.5, 0.6) is 0 Å². The highest BCUT2D eigenvalue weighted by molar-refractivity contribution is 5.78. The molecule has 6 heteroatoms. The zero-order chi connectivity index (χ0) is 17.8. The fourth-order valence-corrected chi connectivity index (χ4v) is 3.44. The van der Waals surface area contributed by atoms with Crippen LogP contribution in [-0.2, 0) is 17.9 Å². The zero-order valence-electron chi connectivity index (χ0n) is 15.4. The Morgan fingerprint density at radius 3 is 2.88 bits per heavy atom. The molecule has 1 aliphatic rings. The van der Waals surface area contributed by atoms with E-state index in [-0.39, 0.29) is 5.91 Å². The average Bonchev–Trinajstić information content (AvgIpc) is 3.17.